The third-order valence-electron chi connectivity index (χ3n) is 3.50. The van der Waals surface area contributed by atoms with Crippen LogP contribution >= 0.6 is 11.3 Å². The average Bonchev–Trinajstić information content (AvgIpc) is 2.98. The van der Waals surface area contributed by atoms with Gasteiger partial charge in [-0.2, -0.15) is 0 Å². The molecular weight excluding hydrogens is 256 g/mol. The second-order valence-electron chi connectivity index (χ2n) is 4.79. The van der Waals surface area contributed by atoms with Gasteiger partial charge in [0.05, 0.1) is 12.8 Å². The monoisotopic (exact) mass is 274 g/mol. The molecule has 3 nitrogen and oxygen atoms in total. The summed E-state index contributed by atoms with van der Waals surface area (Å²) < 4.78 is 5.18. The molecule has 1 aliphatic rings. The lowest BCUT2D eigenvalue weighted by molar-refractivity contribution is 0.415. The van der Waals surface area contributed by atoms with Crippen molar-refractivity contribution in [3.8, 4) is 17.0 Å². The van der Waals surface area contributed by atoms with Crippen LogP contribution in [0.15, 0.2) is 29.6 Å². The van der Waals surface area contributed by atoms with E-state index in [0.717, 1.165) is 35.2 Å². The molecule has 0 aliphatic carbocycles. The van der Waals surface area contributed by atoms with Crippen molar-refractivity contribution in [2.75, 3.05) is 25.1 Å². The van der Waals surface area contributed by atoms with Gasteiger partial charge < -0.3 is 9.64 Å². The maximum Gasteiger partial charge on any atom is 0.185 e. The number of aromatic nitrogens is 1. The summed E-state index contributed by atoms with van der Waals surface area (Å²) >= 11 is 1.74. The summed E-state index contributed by atoms with van der Waals surface area (Å²) in [6.45, 7) is 2.30. The van der Waals surface area contributed by atoms with E-state index in [1.165, 1.54) is 19.3 Å². The zero-order valence-corrected chi connectivity index (χ0v) is 11.9. The van der Waals surface area contributed by atoms with Gasteiger partial charge in [0, 0.05) is 24.0 Å². The van der Waals surface area contributed by atoms with Gasteiger partial charge >= 0.3 is 0 Å². The van der Waals surface area contributed by atoms with Crippen molar-refractivity contribution in [3.63, 3.8) is 0 Å². The molecule has 2 aromatic rings. The largest absolute Gasteiger partial charge is 0.497 e. The van der Waals surface area contributed by atoms with E-state index in [-0.39, 0.29) is 0 Å². The van der Waals surface area contributed by atoms with E-state index in [0.29, 0.717) is 0 Å². The first kappa shape index (κ1) is 12.5. The van der Waals surface area contributed by atoms with Crippen molar-refractivity contribution in [2.45, 2.75) is 19.3 Å². The van der Waals surface area contributed by atoms with Gasteiger partial charge in [0.15, 0.2) is 5.13 Å². The van der Waals surface area contributed by atoms with Crippen molar-refractivity contribution in [3.05, 3.63) is 29.6 Å². The standard InChI is InChI=1S/C15H18N2OS/c1-18-13-7-5-12(6-8-13)14-11-19-15(16-14)17-9-3-2-4-10-17/h5-8,11H,2-4,9-10H2,1H3. The normalized spacial score (nSPS) is 15.5. The second kappa shape index (κ2) is 5.61. The van der Waals surface area contributed by atoms with Gasteiger partial charge in [0.1, 0.15) is 5.75 Å². The van der Waals surface area contributed by atoms with Gasteiger partial charge in [-0.1, -0.05) is 0 Å². The van der Waals surface area contributed by atoms with Gasteiger partial charge in [0.2, 0.25) is 0 Å². The van der Waals surface area contributed by atoms with Crippen LogP contribution in [0.5, 0.6) is 5.75 Å². The Bertz CT molecular complexity index is 529. The van der Waals surface area contributed by atoms with Crippen LogP contribution in [0.3, 0.4) is 0 Å². The Kier molecular flexibility index (Phi) is 3.69. The fourth-order valence-corrected chi connectivity index (χ4v) is 3.28. The molecule has 0 atom stereocenters. The number of methoxy groups -OCH3 is 1. The van der Waals surface area contributed by atoms with Gasteiger partial charge in [-0.3, -0.25) is 0 Å². The summed E-state index contributed by atoms with van der Waals surface area (Å²) in [6.07, 6.45) is 3.93. The fourth-order valence-electron chi connectivity index (χ4n) is 2.39. The van der Waals surface area contributed by atoms with E-state index in [4.69, 9.17) is 9.72 Å². The lowest BCUT2D eigenvalue weighted by Gasteiger charge is -2.25. The molecule has 1 aromatic carbocycles. The molecule has 3 rings (SSSR count). The second-order valence-corrected chi connectivity index (χ2v) is 5.63. The SMILES string of the molecule is COc1ccc(-c2csc(N3CCCCC3)n2)cc1. The average molecular weight is 274 g/mol. The van der Waals surface area contributed by atoms with Crippen molar-refractivity contribution in [1.82, 2.24) is 4.98 Å². The Morgan fingerprint density at radius 2 is 1.84 bits per heavy atom. The van der Waals surface area contributed by atoms with Crippen molar-refractivity contribution >= 4 is 16.5 Å². The lowest BCUT2D eigenvalue weighted by Crippen LogP contribution is -2.29. The zero-order chi connectivity index (χ0) is 13.1. The maximum atomic E-state index is 5.18. The molecule has 0 bridgehead atoms. The summed E-state index contributed by atoms with van der Waals surface area (Å²) in [5, 5.41) is 3.30. The summed E-state index contributed by atoms with van der Waals surface area (Å²) in [5.74, 6) is 0.884. The van der Waals surface area contributed by atoms with Crippen molar-refractivity contribution < 1.29 is 4.74 Å². The minimum Gasteiger partial charge on any atom is -0.497 e. The van der Waals surface area contributed by atoms with Gasteiger partial charge in [0.25, 0.3) is 0 Å². The predicted octanol–water partition coefficient (Wildman–Crippen LogP) is 3.81. The molecule has 0 saturated carbocycles. The molecule has 1 saturated heterocycles. The van der Waals surface area contributed by atoms with Gasteiger partial charge in [-0.05, 0) is 43.5 Å². The molecule has 0 spiro atoms. The summed E-state index contributed by atoms with van der Waals surface area (Å²) in [6, 6.07) is 8.09. The molecule has 19 heavy (non-hydrogen) atoms. The summed E-state index contributed by atoms with van der Waals surface area (Å²) in [7, 11) is 1.69. The Balaban J connectivity index is 1.79. The maximum absolute atomic E-state index is 5.18. The Hall–Kier alpha value is -1.55. The number of rotatable bonds is 3. The molecule has 1 aromatic heterocycles. The number of thiazole rings is 1. The molecule has 100 valence electrons. The number of benzene rings is 1. The van der Waals surface area contributed by atoms with Crippen molar-refractivity contribution in [1.29, 1.82) is 0 Å². The summed E-state index contributed by atoms with van der Waals surface area (Å²) in [5.41, 5.74) is 2.22. The Labute approximate surface area is 117 Å². The Morgan fingerprint density at radius 1 is 1.11 bits per heavy atom. The molecule has 4 heteroatoms. The number of ether oxygens (including phenoxy) is 1. The quantitative estimate of drug-likeness (QED) is 0.851. The molecule has 1 fully saturated rings. The van der Waals surface area contributed by atoms with Crippen LogP contribution in [0.4, 0.5) is 5.13 Å². The van der Waals surface area contributed by atoms with Crippen LogP contribution in [-0.2, 0) is 0 Å². The smallest absolute Gasteiger partial charge is 0.185 e. The zero-order valence-electron chi connectivity index (χ0n) is 11.1. The van der Waals surface area contributed by atoms with Crippen LogP contribution in [0, 0.1) is 0 Å². The van der Waals surface area contributed by atoms with Crippen LogP contribution in [-0.4, -0.2) is 25.2 Å². The van der Waals surface area contributed by atoms with E-state index < -0.39 is 0 Å². The van der Waals surface area contributed by atoms with Crippen LogP contribution < -0.4 is 9.64 Å². The third kappa shape index (κ3) is 2.73. The topological polar surface area (TPSA) is 25.4 Å². The number of hydrogen-bond donors (Lipinski definition) is 0. The first-order valence-electron chi connectivity index (χ1n) is 6.72. The van der Waals surface area contributed by atoms with E-state index in [1.807, 2.05) is 12.1 Å². The van der Waals surface area contributed by atoms with Crippen LogP contribution in [0.25, 0.3) is 11.3 Å². The first-order chi connectivity index (χ1) is 9.36. The first-order valence-corrected chi connectivity index (χ1v) is 7.60. The summed E-state index contributed by atoms with van der Waals surface area (Å²) in [4.78, 5) is 7.17. The number of hydrogen-bond acceptors (Lipinski definition) is 4. The molecule has 0 N–H and O–H groups in total. The lowest BCUT2D eigenvalue weighted by atomic mass is 10.1. The van der Waals surface area contributed by atoms with Gasteiger partial charge in [-0.25, -0.2) is 4.98 Å². The van der Waals surface area contributed by atoms with Gasteiger partial charge in [-0.15, -0.1) is 11.3 Å². The fraction of sp³-hybridized carbons (Fsp3) is 0.400. The van der Waals surface area contributed by atoms with E-state index in [9.17, 15) is 0 Å². The number of piperidine rings is 1. The highest BCUT2D eigenvalue weighted by molar-refractivity contribution is 7.14. The van der Waals surface area contributed by atoms with E-state index >= 15 is 0 Å². The minimum atomic E-state index is 0.884. The minimum absolute atomic E-state index is 0.884. The number of nitrogens with zero attached hydrogens (tertiary/aromatic N) is 2. The third-order valence-corrected chi connectivity index (χ3v) is 4.41. The Morgan fingerprint density at radius 3 is 2.53 bits per heavy atom. The van der Waals surface area contributed by atoms with Crippen molar-refractivity contribution in [2.24, 2.45) is 0 Å². The molecule has 0 radical (unpaired) electrons. The molecule has 0 unspecified atom stereocenters. The molecule has 0 amide bonds. The highest BCUT2D eigenvalue weighted by Gasteiger charge is 2.14. The highest BCUT2D eigenvalue weighted by atomic mass is 32.1. The number of anilines is 1. The van der Waals surface area contributed by atoms with Crippen LogP contribution in [0.1, 0.15) is 19.3 Å². The molecule has 2 heterocycles. The highest BCUT2D eigenvalue weighted by Crippen LogP contribution is 2.29. The predicted molar refractivity (Wildman–Crippen MR) is 80.2 cm³/mol. The van der Waals surface area contributed by atoms with Crippen LogP contribution in [0.2, 0.25) is 0 Å². The molecular formula is C15H18N2OS. The molecule has 1 aliphatic heterocycles. The van der Waals surface area contributed by atoms with E-state index in [1.54, 1.807) is 18.4 Å². The van der Waals surface area contributed by atoms with E-state index in [2.05, 4.69) is 22.4 Å².